The molecule has 2 heteroatoms. The quantitative estimate of drug-likeness (QED) is 0.811. The molecule has 0 amide bonds. The number of rotatable bonds is 2. The summed E-state index contributed by atoms with van der Waals surface area (Å²) in [4.78, 5) is 0. The minimum Gasteiger partial charge on any atom is -0.399 e. The molecule has 0 spiro atoms. The van der Waals surface area contributed by atoms with Gasteiger partial charge in [0.25, 0.3) is 0 Å². The van der Waals surface area contributed by atoms with Crippen LogP contribution in [-0.4, -0.2) is 5.71 Å². The van der Waals surface area contributed by atoms with E-state index in [0.717, 1.165) is 22.5 Å². The summed E-state index contributed by atoms with van der Waals surface area (Å²) < 4.78 is 0. The molecule has 3 rings (SSSR count). The van der Waals surface area contributed by atoms with Crippen LogP contribution in [-0.2, 0) is 0 Å². The Labute approximate surface area is 149 Å². The Bertz CT molecular complexity index is 903. The first-order chi connectivity index (χ1) is 11.9. The summed E-state index contributed by atoms with van der Waals surface area (Å²) in [6.45, 7) is 8.38. The fraction of sp³-hybridized carbons (Fsp3) is 0.174. The largest absolute Gasteiger partial charge is 0.399 e. The molecule has 2 aromatic rings. The molecule has 2 nitrogen and oxygen atoms in total. The van der Waals surface area contributed by atoms with Crippen LogP contribution in [0.15, 0.2) is 65.8 Å². The molecule has 1 aliphatic rings. The van der Waals surface area contributed by atoms with Crippen LogP contribution in [0.2, 0.25) is 0 Å². The van der Waals surface area contributed by atoms with Crippen molar-refractivity contribution >= 4 is 17.0 Å². The van der Waals surface area contributed by atoms with Crippen molar-refractivity contribution < 1.29 is 5.41 Å². The van der Waals surface area contributed by atoms with Crippen molar-refractivity contribution in [3.63, 3.8) is 0 Å². The van der Waals surface area contributed by atoms with E-state index in [0.29, 0.717) is 0 Å². The predicted molar refractivity (Wildman–Crippen MR) is 107 cm³/mol. The molecule has 0 aromatic heterocycles. The smallest absolute Gasteiger partial charge is 0.199 e. The van der Waals surface area contributed by atoms with Gasteiger partial charge in [0.05, 0.1) is 0 Å². The highest BCUT2D eigenvalue weighted by Crippen LogP contribution is 2.32. The van der Waals surface area contributed by atoms with Crippen molar-refractivity contribution in [2.75, 3.05) is 5.73 Å². The van der Waals surface area contributed by atoms with Gasteiger partial charge in [0.2, 0.25) is 0 Å². The van der Waals surface area contributed by atoms with Gasteiger partial charge in [-0.05, 0) is 90.9 Å². The zero-order chi connectivity index (χ0) is 18.1. The van der Waals surface area contributed by atoms with Gasteiger partial charge in [0.1, 0.15) is 0 Å². The van der Waals surface area contributed by atoms with E-state index >= 15 is 0 Å². The fourth-order valence-electron chi connectivity index (χ4n) is 3.06. The molecule has 0 saturated carbocycles. The number of allylic oxidation sites excluding steroid dienone is 5. The second-order valence-electron chi connectivity index (χ2n) is 6.82. The number of benzene rings is 2. The molecule has 0 atom stereocenters. The monoisotopic (exact) mass is 329 g/mol. The molecule has 0 aliphatic heterocycles. The molecule has 0 unspecified atom stereocenters. The molecule has 1 aliphatic carbocycles. The zero-order valence-corrected chi connectivity index (χ0v) is 15.4. The topological polar surface area (TPSA) is 51.6 Å². The molecule has 0 bridgehead atoms. The van der Waals surface area contributed by atoms with E-state index in [4.69, 9.17) is 11.1 Å². The normalized spacial score (nSPS) is 16.0. The Balaban J connectivity index is 2.28. The van der Waals surface area contributed by atoms with Gasteiger partial charge >= 0.3 is 0 Å². The van der Waals surface area contributed by atoms with E-state index in [-0.39, 0.29) is 0 Å². The average molecular weight is 329 g/mol. The third kappa shape index (κ3) is 3.34. The fourth-order valence-corrected chi connectivity index (χ4v) is 3.06. The van der Waals surface area contributed by atoms with E-state index in [2.05, 4.69) is 56.3 Å². The summed E-state index contributed by atoms with van der Waals surface area (Å²) in [5.41, 5.74) is 17.2. The Morgan fingerprint density at radius 1 is 0.800 bits per heavy atom. The number of hydrogen-bond acceptors (Lipinski definition) is 1. The standard InChI is InChI=1S/C23H24N2/c1-14-5-6-18(11-15(14)2)23(19-7-9-21(24)16(3)12-19)20-8-10-22(25)17(4)13-20/h5-13,24H,25H2,1-4H3/p+1/b23-19-,24-21?. The van der Waals surface area contributed by atoms with Crippen LogP contribution in [0.1, 0.15) is 34.7 Å². The van der Waals surface area contributed by atoms with E-state index in [1.807, 2.05) is 26.0 Å². The van der Waals surface area contributed by atoms with Crippen LogP contribution in [0.5, 0.6) is 0 Å². The summed E-state index contributed by atoms with van der Waals surface area (Å²) in [6, 6.07) is 12.9. The minimum atomic E-state index is 0.816. The maximum absolute atomic E-state index is 6.03. The van der Waals surface area contributed by atoms with Crippen LogP contribution in [0.3, 0.4) is 0 Å². The van der Waals surface area contributed by atoms with Crippen molar-refractivity contribution in [2.45, 2.75) is 27.7 Å². The van der Waals surface area contributed by atoms with Gasteiger partial charge in [-0.3, -0.25) is 5.41 Å². The predicted octanol–water partition coefficient (Wildman–Crippen LogP) is 3.71. The molecule has 0 saturated heterocycles. The highest BCUT2D eigenvalue weighted by molar-refractivity contribution is 6.07. The maximum Gasteiger partial charge on any atom is 0.199 e. The second-order valence-corrected chi connectivity index (χ2v) is 6.82. The molecule has 0 fully saturated rings. The van der Waals surface area contributed by atoms with Crippen molar-refractivity contribution in [1.82, 2.24) is 0 Å². The Morgan fingerprint density at radius 3 is 2.04 bits per heavy atom. The first-order valence-corrected chi connectivity index (χ1v) is 8.54. The van der Waals surface area contributed by atoms with Gasteiger partial charge in [-0.2, -0.15) is 0 Å². The summed E-state index contributed by atoms with van der Waals surface area (Å²) in [5.74, 6) is 0. The molecule has 4 N–H and O–H groups in total. The van der Waals surface area contributed by atoms with Gasteiger partial charge in [0.15, 0.2) is 5.71 Å². The molecule has 25 heavy (non-hydrogen) atoms. The third-order valence-corrected chi connectivity index (χ3v) is 4.91. The van der Waals surface area contributed by atoms with Crippen LogP contribution >= 0.6 is 0 Å². The lowest BCUT2D eigenvalue weighted by atomic mass is 9.87. The SMILES string of the molecule is CC1=C/C(=C(/c2ccc(C)c(C)c2)c2ccc(N)c(C)c2)C=CC1=[NH2+]. The number of hydrogen-bond donors (Lipinski definition) is 2. The summed E-state index contributed by atoms with van der Waals surface area (Å²) in [5, 5.41) is 6.03. The second kappa shape index (κ2) is 6.56. The summed E-state index contributed by atoms with van der Waals surface area (Å²) in [7, 11) is 0. The molecule has 2 aromatic carbocycles. The van der Waals surface area contributed by atoms with Gasteiger partial charge in [-0.15, -0.1) is 0 Å². The number of anilines is 1. The van der Waals surface area contributed by atoms with Gasteiger partial charge < -0.3 is 5.73 Å². The van der Waals surface area contributed by atoms with E-state index < -0.39 is 0 Å². The number of nitrogen functional groups attached to an aromatic ring is 1. The molecule has 0 heterocycles. The summed E-state index contributed by atoms with van der Waals surface area (Å²) in [6.07, 6.45) is 6.24. The lowest BCUT2D eigenvalue weighted by Crippen LogP contribution is -2.39. The lowest BCUT2D eigenvalue weighted by Gasteiger charge is -2.16. The molecule has 126 valence electrons. The van der Waals surface area contributed by atoms with Gasteiger partial charge in [-0.25, -0.2) is 0 Å². The van der Waals surface area contributed by atoms with Crippen molar-refractivity contribution in [3.8, 4) is 0 Å². The van der Waals surface area contributed by atoms with Crippen LogP contribution in [0.25, 0.3) is 5.57 Å². The van der Waals surface area contributed by atoms with Crippen molar-refractivity contribution in [3.05, 3.63) is 93.6 Å². The molecule has 0 radical (unpaired) electrons. The average Bonchev–Trinajstić information content (AvgIpc) is 2.57. The van der Waals surface area contributed by atoms with E-state index in [1.165, 1.54) is 33.4 Å². The van der Waals surface area contributed by atoms with Crippen LogP contribution in [0, 0.1) is 20.8 Å². The van der Waals surface area contributed by atoms with Crippen LogP contribution < -0.4 is 11.1 Å². The Kier molecular flexibility index (Phi) is 4.45. The molecular formula is C23H25N2+. The summed E-state index contributed by atoms with van der Waals surface area (Å²) >= 11 is 0. The Hall–Kier alpha value is -2.87. The first kappa shape index (κ1) is 17.0. The maximum atomic E-state index is 6.03. The third-order valence-electron chi connectivity index (χ3n) is 4.91. The highest BCUT2D eigenvalue weighted by atomic mass is 14.5. The first-order valence-electron chi connectivity index (χ1n) is 8.54. The van der Waals surface area contributed by atoms with Crippen molar-refractivity contribution in [1.29, 1.82) is 0 Å². The highest BCUT2D eigenvalue weighted by Gasteiger charge is 2.15. The van der Waals surface area contributed by atoms with Crippen molar-refractivity contribution in [2.24, 2.45) is 0 Å². The lowest BCUT2D eigenvalue weighted by molar-refractivity contribution is -0.111. The Morgan fingerprint density at radius 2 is 1.44 bits per heavy atom. The van der Waals surface area contributed by atoms with Gasteiger partial charge in [-0.1, -0.05) is 24.3 Å². The minimum absolute atomic E-state index is 0.816. The molecular weight excluding hydrogens is 304 g/mol. The zero-order valence-electron chi connectivity index (χ0n) is 15.4. The van der Waals surface area contributed by atoms with Crippen LogP contribution in [0.4, 0.5) is 5.69 Å². The number of nitrogens with two attached hydrogens (primary N) is 2. The van der Waals surface area contributed by atoms with E-state index in [1.54, 1.807) is 0 Å². The number of aryl methyl sites for hydroxylation is 3. The van der Waals surface area contributed by atoms with E-state index in [9.17, 15) is 0 Å². The van der Waals surface area contributed by atoms with Gasteiger partial charge in [0, 0.05) is 17.3 Å².